The summed E-state index contributed by atoms with van der Waals surface area (Å²) in [5, 5.41) is 3.36. The van der Waals surface area contributed by atoms with E-state index in [1.54, 1.807) is 0 Å². The molecule has 0 fully saturated rings. The van der Waals surface area contributed by atoms with Crippen LogP contribution in [0.3, 0.4) is 0 Å². The minimum Gasteiger partial charge on any atom is -0.386 e. The van der Waals surface area contributed by atoms with Gasteiger partial charge in [0.1, 0.15) is 0 Å². The van der Waals surface area contributed by atoms with Gasteiger partial charge in [-0.05, 0) is 43.7 Å². The summed E-state index contributed by atoms with van der Waals surface area (Å²) in [6, 6.07) is 9.49. The van der Waals surface area contributed by atoms with Gasteiger partial charge in [-0.1, -0.05) is 57.5 Å². The van der Waals surface area contributed by atoms with Crippen LogP contribution in [-0.2, 0) is 12.8 Å². The minimum absolute atomic E-state index is 0.461. The van der Waals surface area contributed by atoms with E-state index in [0.29, 0.717) is 6.04 Å². The second-order valence-corrected chi connectivity index (χ2v) is 6.54. The summed E-state index contributed by atoms with van der Waals surface area (Å²) in [7, 11) is 0. The largest absolute Gasteiger partial charge is 0.386 e. The molecule has 0 radical (unpaired) electrons. The van der Waals surface area contributed by atoms with E-state index in [-0.39, 0.29) is 0 Å². The van der Waals surface area contributed by atoms with Crippen LogP contribution in [-0.4, -0.2) is 6.04 Å². The summed E-state index contributed by atoms with van der Waals surface area (Å²) in [4.78, 5) is 0. The third kappa shape index (κ3) is 7.37. The Morgan fingerprint density at radius 3 is 2.15 bits per heavy atom. The van der Waals surface area contributed by atoms with Gasteiger partial charge in [0, 0.05) is 18.2 Å². The summed E-state index contributed by atoms with van der Waals surface area (Å²) in [5.41, 5.74) is 3.90. The molecule has 1 nitrogen and oxygen atoms in total. The van der Waals surface area contributed by atoms with Crippen LogP contribution in [0, 0.1) is 5.92 Å². The maximum Gasteiger partial charge on any atom is 0.0201 e. The standard InChI is InChI=1S/C19H31N/c1-15(2)8-6-7-9-18-10-12-19(13-11-18)14-17(5)20-16(3)4/h10-13,15-16,20H,5-9,14H2,1-4H3. The first-order chi connectivity index (χ1) is 9.47. The van der Waals surface area contributed by atoms with Gasteiger partial charge in [0.25, 0.3) is 0 Å². The Morgan fingerprint density at radius 2 is 1.60 bits per heavy atom. The first kappa shape index (κ1) is 16.8. The Kier molecular flexibility index (Phi) is 7.43. The third-order valence-corrected chi connectivity index (χ3v) is 3.43. The fourth-order valence-corrected chi connectivity index (χ4v) is 2.41. The molecule has 1 N–H and O–H groups in total. The van der Waals surface area contributed by atoms with E-state index in [9.17, 15) is 0 Å². The smallest absolute Gasteiger partial charge is 0.0201 e. The van der Waals surface area contributed by atoms with Crippen molar-refractivity contribution in [1.82, 2.24) is 5.32 Å². The Balaban J connectivity index is 2.34. The molecule has 0 bridgehead atoms. The number of nitrogens with one attached hydrogen (secondary N) is 1. The molecule has 1 aromatic rings. The first-order valence-electron chi connectivity index (χ1n) is 7.99. The predicted octanol–water partition coefficient (Wildman–Crippen LogP) is 5.11. The number of allylic oxidation sites excluding steroid dienone is 1. The van der Waals surface area contributed by atoms with Gasteiger partial charge in [0.05, 0.1) is 0 Å². The lowest BCUT2D eigenvalue weighted by atomic mass is 10.0. The number of benzene rings is 1. The van der Waals surface area contributed by atoms with Crippen LogP contribution >= 0.6 is 0 Å². The van der Waals surface area contributed by atoms with Gasteiger partial charge in [-0.2, -0.15) is 0 Å². The highest BCUT2D eigenvalue weighted by atomic mass is 14.9. The maximum atomic E-state index is 4.08. The second-order valence-electron chi connectivity index (χ2n) is 6.54. The van der Waals surface area contributed by atoms with Crippen molar-refractivity contribution in [2.24, 2.45) is 5.92 Å². The van der Waals surface area contributed by atoms with Crippen LogP contribution < -0.4 is 5.32 Å². The lowest BCUT2D eigenvalue weighted by Gasteiger charge is -2.13. The average Bonchev–Trinajstić information content (AvgIpc) is 2.35. The van der Waals surface area contributed by atoms with E-state index < -0.39 is 0 Å². The van der Waals surface area contributed by atoms with Crippen molar-refractivity contribution < 1.29 is 0 Å². The third-order valence-electron chi connectivity index (χ3n) is 3.43. The summed E-state index contributed by atoms with van der Waals surface area (Å²) in [6.45, 7) is 13.0. The molecule has 0 aromatic heterocycles. The van der Waals surface area contributed by atoms with Crippen molar-refractivity contribution in [3.63, 3.8) is 0 Å². The van der Waals surface area contributed by atoms with E-state index in [1.807, 2.05) is 0 Å². The fourth-order valence-electron chi connectivity index (χ4n) is 2.41. The van der Waals surface area contributed by atoms with Crippen LogP contribution in [0.25, 0.3) is 0 Å². The summed E-state index contributed by atoms with van der Waals surface area (Å²) in [6.07, 6.45) is 6.12. The molecule has 0 aliphatic rings. The predicted molar refractivity (Wildman–Crippen MR) is 90.0 cm³/mol. The molecule has 0 heterocycles. The van der Waals surface area contributed by atoms with E-state index in [4.69, 9.17) is 0 Å². The van der Waals surface area contributed by atoms with Crippen LogP contribution in [0.1, 0.15) is 58.1 Å². The van der Waals surface area contributed by atoms with Crippen molar-refractivity contribution in [3.05, 3.63) is 47.7 Å². The lowest BCUT2D eigenvalue weighted by molar-refractivity contribution is 0.538. The van der Waals surface area contributed by atoms with Crippen molar-refractivity contribution >= 4 is 0 Å². The first-order valence-corrected chi connectivity index (χ1v) is 7.99. The van der Waals surface area contributed by atoms with Gasteiger partial charge in [-0.3, -0.25) is 0 Å². The number of hydrogen-bond donors (Lipinski definition) is 1. The van der Waals surface area contributed by atoms with Crippen molar-refractivity contribution in [2.75, 3.05) is 0 Å². The summed E-state index contributed by atoms with van der Waals surface area (Å²) in [5.74, 6) is 0.830. The quantitative estimate of drug-likeness (QED) is 0.616. The second kappa shape index (κ2) is 8.84. The highest BCUT2D eigenvalue weighted by Crippen LogP contribution is 2.13. The van der Waals surface area contributed by atoms with Crippen LogP contribution in [0.2, 0.25) is 0 Å². The molecule has 0 atom stereocenters. The van der Waals surface area contributed by atoms with E-state index in [1.165, 1.54) is 36.8 Å². The SMILES string of the molecule is C=C(Cc1ccc(CCCCC(C)C)cc1)NC(C)C. The van der Waals surface area contributed by atoms with Gasteiger partial charge in [0.15, 0.2) is 0 Å². The molecule has 0 saturated carbocycles. The maximum absolute atomic E-state index is 4.08. The molecular formula is C19H31N. The van der Waals surface area contributed by atoms with Crippen LogP contribution in [0.5, 0.6) is 0 Å². The van der Waals surface area contributed by atoms with Gasteiger partial charge in [-0.25, -0.2) is 0 Å². The molecule has 112 valence electrons. The number of unbranched alkanes of at least 4 members (excludes halogenated alkanes) is 1. The zero-order chi connectivity index (χ0) is 15.0. The van der Waals surface area contributed by atoms with Gasteiger partial charge >= 0.3 is 0 Å². The Morgan fingerprint density at radius 1 is 1.00 bits per heavy atom. The monoisotopic (exact) mass is 273 g/mol. The molecule has 0 amide bonds. The number of hydrogen-bond acceptors (Lipinski definition) is 1. The van der Waals surface area contributed by atoms with Gasteiger partial charge in [-0.15, -0.1) is 0 Å². The minimum atomic E-state index is 0.461. The van der Waals surface area contributed by atoms with Crippen LogP contribution in [0.15, 0.2) is 36.5 Å². The zero-order valence-corrected chi connectivity index (χ0v) is 13.7. The highest BCUT2D eigenvalue weighted by molar-refractivity contribution is 5.25. The molecule has 0 saturated heterocycles. The Labute approximate surface area is 125 Å². The number of rotatable bonds is 9. The molecular weight excluding hydrogens is 242 g/mol. The van der Waals surface area contributed by atoms with Crippen molar-refractivity contribution in [3.8, 4) is 0 Å². The molecule has 0 aliphatic carbocycles. The lowest BCUT2D eigenvalue weighted by Crippen LogP contribution is -2.22. The van der Waals surface area contributed by atoms with E-state index in [0.717, 1.165) is 18.0 Å². The average molecular weight is 273 g/mol. The fraction of sp³-hybridized carbons (Fsp3) is 0.579. The molecule has 0 aliphatic heterocycles. The number of aryl methyl sites for hydroxylation is 1. The highest BCUT2D eigenvalue weighted by Gasteiger charge is 2.00. The Bertz CT molecular complexity index is 387. The normalized spacial score (nSPS) is 11.1. The zero-order valence-electron chi connectivity index (χ0n) is 13.7. The van der Waals surface area contributed by atoms with E-state index in [2.05, 4.69) is 63.9 Å². The summed E-state index contributed by atoms with van der Waals surface area (Å²) >= 11 is 0. The molecule has 0 spiro atoms. The van der Waals surface area contributed by atoms with Gasteiger partial charge < -0.3 is 5.32 Å². The summed E-state index contributed by atoms with van der Waals surface area (Å²) < 4.78 is 0. The van der Waals surface area contributed by atoms with Crippen molar-refractivity contribution in [1.29, 1.82) is 0 Å². The molecule has 0 unspecified atom stereocenters. The molecule has 1 heteroatoms. The molecule has 20 heavy (non-hydrogen) atoms. The van der Waals surface area contributed by atoms with E-state index >= 15 is 0 Å². The van der Waals surface area contributed by atoms with Crippen molar-refractivity contribution in [2.45, 2.75) is 65.8 Å². The van der Waals surface area contributed by atoms with Gasteiger partial charge in [0.2, 0.25) is 0 Å². The molecule has 1 aromatic carbocycles. The molecule has 1 rings (SSSR count). The Hall–Kier alpha value is -1.24. The van der Waals surface area contributed by atoms with Crippen LogP contribution in [0.4, 0.5) is 0 Å². The topological polar surface area (TPSA) is 12.0 Å².